The molecule has 0 radical (unpaired) electrons. The molecule has 5 rings (SSSR count). The molecular weight excluding hydrogens is 440 g/mol. The SMILES string of the molecule is COc1ccc(C2=NN3[C@H](C(=O)c4ccc(C)cc4)Oc4ccc(Cl)cc4[C@@H]3C2)cc1OC. The van der Waals surface area contributed by atoms with E-state index in [1.165, 1.54) is 0 Å². The van der Waals surface area contributed by atoms with E-state index in [1.54, 1.807) is 25.3 Å². The Morgan fingerprint density at radius 3 is 2.52 bits per heavy atom. The number of halogens is 1. The Bertz CT molecular complexity index is 1260. The third kappa shape index (κ3) is 3.80. The van der Waals surface area contributed by atoms with Crippen LogP contribution in [0.25, 0.3) is 0 Å². The standard InChI is InChI=1S/C26H23ClN2O4/c1-15-4-6-16(7-5-15)25(30)26-29-21(19-13-18(27)9-11-22(19)33-26)14-20(28-29)17-8-10-23(31-2)24(12-17)32-3/h4-13,21,26H,14H2,1-3H3/t21-,26-/m0/s1. The summed E-state index contributed by atoms with van der Waals surface area (Å²) in [5.41, 5.74) is 4.31. The Balaban J connectivity index is 1.56. The van der Waals surface area contributed by atoms with Crippen LogP contribution in [0.5, 0.6) is 17.2 Å². The maximum Gasteiger partial charge on any atom is 0.251 e. The second-order valence-electron chi connectivity index (χ2n) is 8.10. The Kier molecular flexibility index (Phi) is 5.46. The van der Waals surface area contributed by atoms with Crippen LogP contribution in [0.1, 0.15) is 39.5 Å². The number of fused-ring (bicyclic) bond motifs is 3. The van der Waals surface area contributed by atoms with Crippen molar-refractivity contribution in [3.63, 3.8) is 0 Å². The van der Waals surface area contributed by atoms with Gasteiger partial charge >= 0.3 is 0 Å². The quantitative estimate of drug-likeness (QED) is 0.474. The van der Waals surface area contributed by atoms with E-state index in [1.807, 2.05) is 61.5 Å². The molecule has 0 bridgehead atoms. The summed E-state index contributed by atoms with van der Waals surface area (Å²) < 4.78 is 17.0. The number of hydrogen-bond donors (Lipinski definition) is 0. The number of methoxy groups -OCH3 is 2. The average Bonchev–Trinajstić information content (AvgIpc) is 3.29. The van der Waals surface area contributed by atoms with Crippen molar-refractivity contribution in [3.8, 4) is 17.2 Å². The topological polar surface area (TPSA) is 60.4 Å². The lowest BCUT2D eigenvalue weighted by Gasteiger charge is -2.37. The average molecular weight is 463 g/mol. The van der Waals surface area contributed by atoms with Crippen LogP contribution in [0.3, 0.4) is 0 Å². The van der Waals surface area contributed by atoms with Crippen LogP contribution in [-0.2, 0) is 0 Å². The van der Waals surface area contributed by atoms with Crippen molar-refractivity contribution in [2.75, 3.05) is 14.2 Å². The van der Waals surface area contributed by atoms with E-state index < -0.39 is 6.23 Å². The van der Waals surface area contributed by atoms with Gasteiger partial charge in [-0.3, -0.25) is 4.79 Å². The van der Waals surface area contributed by atoms with E-state index in [0.29, 0.717) is 34.3 Å². The summed E-state index contributed by atoms with van der Waals surface area (Å²) in [4.78, 5) is 13.5. The maximum absolute atomic E-state index is 13.5. The fourth-order valence-corrected chi connectivity index (χ4v) is 4.46. The molecule has 2 aliphatic heterocycles. The highest BCUT2D eigenvalue weighted by atomic mass is 35.5. The zero-order valence-electron chi connectivity index (χ0n) is 18.5. The largest absolute Gasteiger partial charge is 0.493 e. The molecule has 2 aliphatic rings. The molecule has 3 aromatic rings. The fraction of sp³-hybridized carbons (Fsp3) is 0.231. The van der Waals surface area contributed by atoms with Gasteiger partial charge in [0.2, 0.25) is 5.78 Å². The van der Waals surface area contributed by atoms with Crippen molar-refractivity contribution in [1.82, 2.24) is 5.01 Å². The van der Waals surface area contributed by atoms with Gasteiger partial charge in [0.25, 0.3) is 6.23 Å². The number of aryl methyl sites for hydroxylation is 1. The molecule has 2 atom stereocenters. The molecule has 3 aromatic carbocycles. The molecule has 0 aliphatic carbocycles. The van der Waals surface area contributed by atoms with Gasteiger partial charge in [0.1, 0.15) is 5.75 Å². The van der Waals surface area contributed by atoms with Crippen LogP contribution < -0.4 is 14.2 Å². The van der Waals surface area contributed by atoms with E-state index in [2.05, 4.69) is 0 Å². The summed E-state index contributed by atoms with van der Waals surface area (Å²) in [6.45, 7) is 1.99. The molecule has 7 heteroatoms. The Hall–Kier alpha value is -3.51. The lowest BCUT2D eigenvalue weighted by atomic mass is 9.95. The van der Waals surface area contributed by atoms with Crippen LogP contribution in [0.15, 0.2) is 65.8 Å². The van der Waals surface area contributed by atoms with Crippen molar-refractivity contribution in [1.29, 1.82) is 0 Å². The highest BCUT2D eigenvalue weighted by molar-refractivity contribution is 6.30. The summed E-state index contributed by atoms with van der Waals surface area (Å²) in [7, 11) is 3.20. The third-order valence-electron chi connectivity index (χ3n) is 6.03. The van der Waals surface area contributed by atoms with Gasteiger partial charge in [-0.05, 0) is 43.3 Å². The number of ketones is 1. The van der Waals surface area contributed by atoms with Gasteiger partial charge in [0.05, 0.1) is 26.0 Å². The minimum atomic E-state index is -0.871. The predicted octanol–water partition coefficient (Wildman–Crippen LogP) is 5.42. The molecule has 0 spiro atoms. The molecule has 33 heavy (non-hydrogen) atoms. The lowest BCUT2D eigenvalue weighted by Crippen LogP contribution is -2.45. The zero-order valence-corrected chi connectivity index (χ0v) is 19.3. The van der Waals surface area contributed by atoms with Gasteiger partial charge in [-0.2, -0.15) is 5.10 Å². The number of Topliss-reactive ketones (excluding diaryl/α,β-unsaturated/α-hetero) is 1. The molecule has 2 heterocycles. The third-order valence-corrected chi connectivity index (χ3v) is 6.26. The minimum absolute atomic E-state index is 0.141. The van der Waals surface area contributed by atoms with E-state index in [9.17, 15) is 4.79 Å². The number of carbonyl (C=O) groups is 1. The van der Waals surface area contributed by atoms with Gasteiger partial charge in [-0.15, -0.1) is 0 Å². The minimum Gasteiger partial charge on any atom is -0.493 e. The van der Waals surface area contributed by atoms with E-state index in [4.69, 9.17) is 30.9 Å². The Morgan fingerprint density at radius 2 is 1.79 bits per heavy atom. The first kappa shape index (κ1) is 21.3. The van der Waals surface area contributed by atoms with E-state index in [0.717, 1.165) is 22.4 Å². The van der Waals surface area contributed by atoms with E-state index in [-0.39, 0.29) is 11.8 Å². The summed E-state index contributed by atoms with van der Waals surface area (Å²) in [5, 5.41) is 7.22. The molecule has 0 amide bonds. The van der Waals surface area contributed by atoms with Crippen LogP contribution >= 0.6 is 11.6 Å². The first-order valence-electron chi connectivity index (χ1n) is 10.6. The highest BCUT2D eigenvalue weighted by Crippen LogP contribution is 2.45. The van der Waals surface area contributed by atoms with Crippen LogP contribution in [0.4, 0.5) is 0 Å². The molecule has 0 N–H and O–H groups in total. The number of benzene rings is 3. The maximum atomic E-state index is 13.5. The van der Waals surface area contributed by atoms with Gasteiger partial charge in [0, 0.05) is 28.1 Å². The summed E-state index contributed by atoms with van der Waals surface area (Å²) >= 11 is 6.29. The first-order chi connectivity index (χ1) is 16.0. The molecule has 0 saturated carbocycles. The molecule has 168 valence electrons. The van der Waals surface area contributed by atoms with Gasteiger partial charge in [-0.1, -0.05) is 41.4 Å². The highest BCUT2D eigenvalue weighted by Gasteiger charge is 2.43. The van der Waals surface area contributed by atoms with Crippen molar-refractivity contribution in [2.24, 2.45) is 5.10 Å². The molecule has 6 nitrogen and oxygen atoms in total. The predicted molar refractivity (Wildman–Crippen MR) is 127 cm³/mol. The van der Waals surface area contributed by atoms with Crippen molar-refractivity contribution in [3.05, 3.63) is 87.9 Å². The number of nitrogens with zero attached hydrogens (tertiary/aromatic N) is 2. The summed E-state index contributed by atoms with van der Waals surface area (Å²) in [5.74, 6) is 1.77. The number of ether oxygens (including phenoxy) is 3. The zero-order chi connectivity index (χ0) is 23.1. The number of rotatable bonds is 5. The molecule has 0 unspecified atom stereocenters. The second-order valence-corrected chi connectivity index (χ2v) is 8.54. The van der Waals surface area contributed by atoms with Crippen molar-refractivity contribution >= 4 is 23.1 Å². The smallest absolute Gasteiger partial charge is 0.251 e. The fourth-order valence-electron chi connectivity index (χ4n) is 4.28. The molecular formula is C26H23ClN2O4. The van der Waals surface area contributed by atoms with Crippen LogP contribution in [0.2, 0.25) is 5.02 Å². The molecule has 0 saturated heterocycles. The molecule has 0 aromatic heterocycles. The van der Waals surface area contributed by atoms with Gasteiger partial charge in [-0.25, -0.2) is 5.01 Å². The van der Waals surface area contributed by atoms with Crippen molar-refractivity contribution in [2.45, 2.75) is 25.6 Å². The van der Waals surface area contributed by atoms with E-state index >= 15 is 0 Å². The van der Waals surface area contributed by atoms with Crippen LogP contribution in [-0.4, -0.2) is 37.0 Å². The first-order valence-corrected chi connectivity index (χ1v) is 11.0. The molecule has 0 fully saturated rings. The Labute approximate surface area is 197 Å². The van der Waals surface area contributed by atoms with Crippen LogP contribution in [0, 0.1) is 6.92 Å². The monoisotopic (exact) mass is 462 g/mol. The van der Waals surface area contributed by atoms with Gasteiger partial charge < -0.3 is 14.2 Å². The normalized spacial score (nSPS) is 18.7. The van der Waals surface area contributed by atoms with Gasteiger partial charge in [0.15, 0.2) is 11.5 Å². The summed E-state index contributed by atoms with van der Waals surface area (Å²) in [6, 6.07) is 18.5. The number of hydrazone groups is 1. The number of hydrogen-bond acceptors (Lipinski definition) is 6. The van der Waals surface area contributed by atoms with Crippen molar-refractivity contribution < 1.29 is 19.0 Å². The Morgan fingerprint density at radius 1 is 1.03 bits per heavy atom. The summed E-state index contributed by atoms with van der Waals surface area (Å²) in [6.07, 6.45) is -0.270. The number of carbonyl (C=O) groups excluding carboxylic acids is 1. The second kappa shape index (κ2) is 8.45. The lowest BCUT2D eigenvalue weighted by molar-refractivity contribution is -0.00455.